The Morgan fingerprint density at radius 3 is 2.80 bits per heavy atom. The number of terminal acetylenes is 1. The van der Waals surface area contributed by atoms with Crippen LogP contribution in [-0.2, 0) is 0 Å². The van der Waals surface area contributed by atoms with E-state index in [1.54, 1.807) is 0 Å². The second-order valence-corrected chi connectivity index (χ2v) is 3.04. The van der Waals surface area contributed by atoms with Crippen LogP contribution >= 0.6 is 0 Å². The number of nitrogens with one attached hydrogen (secondary N) is 1. The summed E-state index contributed by atoms with van der Waals surface area (Å²) in [5.41, 5.74) is 0.481. The molecule has 1 heterocycles. The van der Waals surface area contributed by atoms with Gasteiger partial charge in [0.15, 0.2) is 0 Å². The van der Waals surface area contributed by atoms with Gasteiger partial charge in [-0.15, -0.1) is 12.3 Å². The topological polar surface area (TPSA) is 54.9 Å². The second kappa shape index (κ2) is 6.55. The van der Waals surface area contributed by atoms with Crippen molar-refractivity contribution < 1.29 is 4.79 Å². The monoisotopic (exact) mass is 203 g/mol. The lowest BCUT2D eigenvalue weighted by atomic mass is 10.2. The number of nitrogens with zero attached hydrogens (tertiary/aromatic N) is 2. The molecule has 15 heavy (non-hydrogen) atoms. The summed E-state index contributed by atoms with van der Waals surface area (Å²) >= 11 is 0. The third-order valence-electron chi connectivity index (χ3n) is 1.86. The summed E-state index contributed by atoms with van der Waals surface area (Å²) in [6.45, 7) is 0.634. The molecule has 1 rings (SSSR count). The first-order valence-corrected chi connectivity index (χ1v) is 4.81. The first kappa shape index (κ1) is 11.2. The molecule has 0 saturated carbocycles. The Kier molecular flexibility index (Phi) is 4.88. The van der Waals surface area contributed by atoms with Crippen LogP contribution in [0.25, 0.3) is 0 Å². The molecule has 4 nitrogen and oxygen atoms in total. The number of carbonyl (C=O) groups is 1. The van der Waals surface area contributed by atoms with Crippen molar-refractivity contribution in [3.63, 3.8) is 0 Å². The van der Waals surface area contributed by atoms with Gasteiger partial charge in [-0.1, -0.05) is 0 Å². The molecular weight excluding hydrogens is 190 g/mol. The molecule has 1 N–H and O–H groups in total. The van der Waals surface area contributed by atoms with Gasteiger partial charge >= 0.3 is 0 Å². The van der Waals surface area contributed by atoms with E-state index in [1.807, 2.05) is 0 Å². The summed E-state index contributed by atoms with van der Waals surface area (Å²) in [6, 6.07) is 0. The number of rotatable bonds is 5. The van der Waals surface area contributed by atoms with Gasteiger partial charge in [-0.2, -0.15) is 0 Å². The standard InChI is InChI=1S/C11H13N3O/c1-2-3-4-5-6-14-11(15)10-7-12-9-13-8-10/h1,7-9H,3-6H2,(H,14,15). The molecule has 0 saturated heterocycles. The number of unbranched alkanes of at least 4 members (excludes halogenated alkanes) is 2. The van der Waals surface area contributed by atoms with E-state index in [0.29, 0.717) is 12.1 Å². The van der Waals surface area contributed by atoms with Crippen LogP contribution in [0.5, 0.6) is 0 Å². The van der Waals surface area contributed by atoms with Crippen molar-refractivity contribution in [1.29, 1.82) is 0 Å². The average molecular weight is 203 g/mol. The quantitative estimate of drug-likeness (QED) is 0.574. The first-order chi connectivity index (χ1) is 7.34. The van der Waals surface area contributed by atoms with Gasteiger partial charge in [-0.25, -0.2) is 9.97 Å². The van der Waals surface area contributed by atoms with E-state index in [1.165, 1.54) is 18.7 Å². The van der Waals surface area contributed by atoms with E-state index in [9.17, 15) is 4.79 Å². The van der Waals surface area contributed by atoms with Gasteiger partial charge in [-0.3, -0.25) is 4.79 Å². The van der Waals surface area contributed by atoms with Crippen LogP contribution in [0.3, 0.4) is 0 Å². The number of hydrogen-bond donors (Lipinski definition) is 1. The van der Waals surface area contributed by atoms with E-state index < -0.39 is 0 Å². The molecule has 0 aliphatic carbocycles. The lowest BCUT2D eigenvalue weighted by Crippen LogP contribution is -2.24. The summed E-state index contributed by atoms with van der Waals surface area (Å²) in [7, 11) is 0. The third kappa shape index (κ3) is 4.23. The van der Waals surface area contributed by atoms with Gasteiger partial charge < -0.3 is 5.32 Å². The largest absolute Gasteiger partial charge is 0.352 e. The Morgan fingerprint density at radius 1 is 1.40 bits per heavy atom. The molecular formula is C11H13N3O. The van der Waals surface area contributed by atoms with E-state index in [-0.39, 0.29) is 5.91 Å². The third-order valence-corrected chi connectivity index (χ3v) is 1.86. The van der Waals surface area contributed by atoms with Crippen molar-refractivity contribution in [2.75, 3.05) is 6.54 Å². The Balaban J connectivity index is 2.23. The molecule has 0 atom stereocenters. The summed E-state index contributed by atoms with van der Waals surface area (Å²) in [6.07, 6.45) is 12.1. The first-order valence-electron chi connectivity index (χ1n) is 4.81. The van der Waals surface area contributed by atoms with Crippen LogP contribution in [0.2, 0.25) is 0 Å². The van der Waals surface area contributed by atoms with Gasteiger partial charge in [0.05, 0.1) is 5.56 Å². The van der Waals surface area contributed by atoms with Gasteiger partial charge in [-0.05, 0) is 12.8 Å². The maximum absolute atomic E-state index is 11.4. The van der Waals surface area contributed by atoms with Crippen LogP contribution in [0.15, 0.2) is 18.7 Å². The summed E-state index contributed by atoms with van der Waals surface area (Å²) < 4.78 is 0. The predicted molar refractivity (Wildman–Crippen MR) is 57.0 cm³/mol. The minimum Gasteiger partial charge on any atom is -0.352 e. The average Bonchev–Trinajstić information content (AvgIpc) is 2.30. The highest BCUT2D eigenvalue weighted by Gasteiger charge is 2.03. The number of aromatic nitrogens is 2. The van der Waals surface area contributed by atoms with Crippen LogP contribution in [-0.4, -0.2) is 22.4 Å². The molecule has 0 spiro atoms. The van der Waals surface area contributed by atoms with Crippen molar-refractivity contribution >= 4 is 5.91 Å². The fraction of sp³-hybridized carbons (Fsp3) is 0.364. The molecule has 0 fully saturated rings. The fourth-order valence-corrected chi connectivity index (χ4v) is 1.07. The molecule has 1 aromatic rings. The van der Waals surface area contributed by atoms with Crippen LogP contribution < -0.4 is 5.32 Å². The summed E-state index contributed by atoms with van der Waals surface area (Å²) in [5, 5.41) is 2.77. The van der Waals surface area contributed by atoms with Crippen molar-refractivity contribution in [1.82, 2.24) is 15.3 Å². The van der Waals surface area contributed by atoms with Crippen molar-refractivity contribution in [3.05, 3.63) is 24.3 Å². The Bertz CT molecular complexity index is 343. The molecule has 0 aromatic carbocycles. The van der Waals surface area contributed by atoms with Gasteiger partial charge in [0.2, 0.25) is 0 Å². The zero-order valence-corrected chi connectivity index (χ0v) is 8.44. The van der Waals surface area contributed by atoms with Crippen molar-refractivity contribution in [3.8, 4) is 12.3 Å². The molecule has 0 radical (unpaired) electrons. The summed E-state index contributed by atoms with van der Waals surface area (Å²) in [5.74, 6) is 2.41. The van der Waals surface area contributed by atoms with Gasteiger partial charge in [0.25, 0.3) is 5.91 Å². The molecule has 1 amide bonds. The van der Waals surface area contributed by atoms with Crippen molar-refractivity contribution in [2.45, 2.75) is 19.3 Å². The van der Waals surface area contributed by atoms with Crippen molar-refractivity contribution in [2.24, 2.45) is 0 Å². The molecule has 1 aromatic heterocycles. The van der Waals surface area contributed by atoms with Crippen LogP contribution in [0.1, 0.15) is 29.6 Å². The maximum atomic E-state index is 11.4. The lowest BCUT2D eigenvalue weighted by Gasteiger charge is -2.02. The fourth-order valence-electron chi connectivity index (χ4n) is 1.07. The van der Waals surface area contributed by atoms with E-state index in [0.717, 1.165) is 19.3 Å². The Labute approximate surface area is 89.1 Å². The van der Waals surface area contributed by atoms with Gasteiger partial charge in [0.1, 0.15) is 6.33 Å². The van der Waals surface area contributed by atoms with E-state index in [4.69, 9.17) is 6.42 Å². The zero-order valence-electron chi connectivity index (χ0n) is 8.44. The molecule has 78 valence electrons. The van der Waals surface area contributed by atoms with Gasteiger partial charge in [0, 0.05) is 25.4 Å². The number of amides is 1. The number of carbonyl (C=O) groups excluding carboxylic acids is 1. The van der Waals surface area contributed by atoms with Crippen LogP contribution in [0, 0.1) is 12.3 Å². The minimum absolute atomic E-state index is 0.142. The van der Waals surface area contributed by atoms with E-state index >= 15 is 0 Å². The smallest absolute Gasteiger partial charge is 0.254 e. The SMILES string of the molecule is C#CCCCCNC(=O)c1cncnc1. The maximum Gasteiger partial charge on any atom is 0.254 e. The predicted octanol–water partition coefficient (Wildman–Crippen LogP) is 1.01. The Hall–Kier alpha value is -1.89. The molecule has 0 unspecified atom stereocenters. The van der Waals surface area contributed by atoms with E-state index in [2.05, 4.69) is 21.2 Å². The second-order valence-electron chi connectivity index (χ2n) is 3.04. The molecule has 0 aliphatic rings. The highest BCUT2D eigenvalue weighted by atomic mass is 16.1. The Morgan fingerprint density at radius 2 is 2.13 bits per heavy atom. The highest BCUT2D eigenvalue weighted by molar-refractivity contribution is 5.93. The lowest BCUT2D eigenvalue weighted by molar-refractivity contribution is 0.0952. The molecule has 4 heteroatoms. The van der Waals surface area contributed by atoms with Crippen LogP contribution in [0.4, 0.5) is 0 Å². The zero-order chi connectivity index (χ0) is 10.9. The molecule has 0 aliphatic heterocycles. The summed E-state index contributed by atoms with van der Waals surface area (Å²) in [4.78, 5) is 19.0. The highest BCUT2D eigenvalue weighted by Crippen LogP contribution is 1.95. The minimum atomic E-state index is -0.142. The normalized spacial score (nSPS) is 9.27. The number of hydrogen-bond acceptors (Lipinski definition) is 3. The molecule has 0 bridgehead atoms.